The normalized spacial score (nSPS) is 12.6. The van der Waals surface area contributed by atoms with Gasteiger partial charge in [-0.15, -0.1) is 11.3 Å². The highest BCUT2D eigenvalue weighted by Crippen LogP contribution is 2.23. The lowest BCUT2D eigenvalue weighted by Gasteiger charge is -2.12. The summed E-state index contributed by atoms with van der Waals surface area (Å²) in [7, 11) is 0. The van der Waals surface area contributed by atoms with Crippen molar-refractivity contribution in [2.75, 3.05) is 6.54 Å². The summed E-state index contributed by atoms with van der Waals surface area (Å²) in [6, 6.07) is 5.08. The lowest BCUT2D eigenvalue weighted by Crippen LogP contribution is -2.20. The number of hydrogen-bond donors (Lipinski definition) is 2. The number of hydrogen-bond acceptors (Lipinski definition) is 4. The van der Waals surface area contributed by atoms with Gasteiger partial charge >= 0.3 is 0 Å². The molecule has 2 N–H and O–H groups in total. The second-order valence-corrected chi connectivity index (χ2v) is 6.39. The second-order valence-electron chi connectivity index (χ2n) is 4.20. The molecule has 0 aliphatic rings. The first-order valence-electron chi connectivity index (χ1n) is 5.80. The number of halogens is 2. The minimum Gasteiger partial charge on any atom is -0.387 e. The van der Waals surface area contributed by atoms with E-state index in [1.165, 1.54) is 0 Å². The van der Waals surface area contributed by atoms with Crippen LogP contribution in [0.15, 0.2) is 24.4 Å². The number of aliphatic hydroxyl groups excluding tert-OH is 1. The van der Waals surface area contributed by atoms with Gasteiger partial charge in [-0.1, -0.05) is 23.2 Å². The predicted octanol–water partition coefficient (Wildman–Crippen LogP) is 3.58. The molecule has 0 saturated heterocycles. The molecule has 0 fully saturated rings. The minimum atomic E-state index is -0.634. The number of aliphatic hydroxyl groups is 1. The number of thiazole rings is 1. The van der Waals surface area contributed by atoms with Crippen molar-refractivity contribution in [3.05, 3.63) is 49.9 Å². The standard InChI is InChI=1S/C13H14Cl2N2OS/c1-8-17-6-12(19-8)5-16-7-13(18)9-2-10(14)4-11(15)3-9/h2-4,6,13,16,18H,5,7H2,1H3. The van der Waals surface area contributed by atoms with Crippen molar-refractivity contribution in [1.82, 2.24) is 10.3 Å². The van der Waals surface area contributed by atoms with E-state index in [9.17, 15) is 5.11 Å². The summed E-state index contributed by atoms with van der Waals surface area (Å²) < 4.78 is 0. The van der Waals surface area contributed by atoms with Crippen LogP contribution >= 0.6 is 34.5 Å². The van der Waals surface area contributed by atoms with Gasteiger partial charge in [-0.05, 0) is 30.7 Å². The fraction of sp³-hybridized carbons (Fsp3) is 0.308. The Morgan fingerprint density at radius 2 is 2.00 bits per heavy atom. The Labute approximate surface area is 126 Å². The smallest absolute Gasteiger partial charge is 0.0915 e. The van der Waals surface area contributed by atoms with Crippen LogP contribution in [0.2, 0.25) is 10.0 Å². The molecule has 0 spiro atoms. The van der Waals surface area contributed by atoms with Crippen LogP contribution in [-0.2, 0) is 6.54 Å². The minimum absolute atomic E-state index is 0.438. The number of benzene rings is 1. The summed E-state index contributed by atoms with van der Waals surface area (Å²) >= 11 is 13.5. The third-order valence-corrected chi connectivity index (χ3v) is 3.92. The molecule has 1 aromatic heterocycles. The summed E-state index contributed by atoms with van der Waals surface area (Å²) in [6.07, 6.45) is 1.21. The molecule has 102 valence electrons. The van der Waals surface area contributed by atoms with Gasteiger partial charge in [-0.25, -0.2) is 4.98 Å². The molecule has 0 saturated carbocycles. The molecule has 2 rings (SSSR count). The molecule has 0 aliphatic heterocycles. The van der Waals surface area contributed by atoms with Gasteiger partial charge in [-0.2, -0.15) is 0 Å². The lowest BCUT2D eigenvalue weighted by atomic mass is 10.1. The number of aromatic nitrogens is 1. The maximum Gasteiger partial charge on any atom is 0.0915 e. The van der Waals surface area contributed by atoms with Gasteiger partial charge in [-0.3, -0.25) is 0 Å². The molecule has 1 heterocycles. The van der Waals surface area contributed by atoms with Gasteiger partial charge in [0.2, 0.25) is 0 Å². The van der Waals surface area contributed by atoms with E-state index >= 15 is 0 Å². The van der Waals surface area contributed by atoms with Crippen LogP contribution < -0.4 is 5.32 Å². The average molecular weight is 317 g/mol. The van der Waals surface area contributed by atoms with Gasteiger partial charge in [0.15, 0.2) is 0 Å². The van der Waals surface area contributed by atoms with Crippen molar-refractivity contribution in [2.24, 2.45) is 0 Å². The van der Waals surface area contributed by atoms with Crippen LogP contribution in [-0.4, -0.2) is 16.6 Å². The van der Waals surface area contributed by atoms with Crippen molar-refractivity contribution in [2.45, 2.75) is 19.6 Å². The lowest BCUT2D eigenvalue weighted by molar-refractivity contribution is 0.174. The average Bonchev–Trinajstić information content (AvgIpc) is 2.73. The Morgan fingerprint density at radius 3 is 2.58 bits per heavy atom. The van der Waals surface area contributed by atoms with E-state index < -0.39 is 6.10 Å². The zero-order valence-corrected chi connectivity index (χ0v) is 12.7. The van der Waals surface area contributed by atoms with Crippen LogP contribution in [0.3, 0.4) is 0 Å². The maximum absolute atomic E-state index is 10.1. The molecule has 1 aromatic carbocycles. The Bertz CT molecular complexity index is 539. The molecule has 3 nitrogen and oxygen atoms in total. The van der Waals surface area contributed by atoms with Crippen molar-refractivity contribution < 1.29 is 5.11 Å². The quantitative estimate of drug-likeness (QED) is 0.886. The molecule has 2 aromatic rings. The maximum atomic E-state index is 10.1. The van der Waals surface area contributed by atoms with Crippen LogP contribution in [0, 0.1) is 6.92 Å². The first kappa shape index (κ1) is 14.8. The van der Waals surface area contributed by atoms with Crippen molar-refractivity contribution in [3.63, 3.8) is 0 Å². The third-order valence-electron chi connectivity index (χ3n) is 2.58. The molecule has 0 amide bonds. The Morgan fingerprint density at radius 1 is 1.32 bits per heavy atom. The fourth-order valence-electron chi connectivity index (χ4n) is 1.70. The van der Waals surface area contributed by atoms with Crippen LogP contribution in [0.4, 0.5) is 0 Å². The van der Waals surface area contributed by atoms with Gasteiger partial charge < -0.3 is 10.4 Å². The molecule has 1 atom stereocenters. The SMILES string of the molecule is Cc1ncc(CNCC(O)c2cc(Cl)cc(Cl)c2)s1. The van der Waals surface area contributed by atoms with E-state index in [1.807, 2.05) is 13.1 Å². The fourth-order valence-corrected chi connectivity index (χ4v) is 3.01. The highest BCUT2D eigenvalue weighted by Gasteiger charge is 2.09. The highest BCUT2D eigenvalue weighted by molar-refractivity contribution is 7.11. The predicted molar refractivity (Wildman–Crippen MR) is 80.0 cm³/mol. The summed E-state index contributed by atoms with van der Waals surface area (Å²) in [5.41, 5.74) is 0.713. The first-order valence-corrected chi connectivity index (χ1v) is 7.38. The van der Waals surface area contributed by atoms with E-state index in [2.05, 4.69) is 10.3 Å². The molecule has 0 aliphatic carbocycles. The third kappa shape index (κ3) is 4.44. The largest absolute Gasteiger partial charge is 0.387 e. The van der Waals surface area contributed by atoms with E-state index in [-0.39, 0.29) is 0 Å². The summed E-state index contributed by atoms with van der Waals surface area (Å²) in [4.78, 5) is 5.32. The van der Waals surface area contributed by atoms with E-state index in [0.717, 1.165) is 9.88 Å². The zero-order valence-electron chi connectivity index (χ0n) is 10.4. The highest BCUT2D eigenvalue weighted by atomic mass is 35.5. The summed E-state index contributed by atoms with van der Waals surface area (Å²) in [6.45, 7) is 3.10. The summed E-state index contributed by atoms with van der Waals surface area (Å²) in [5, 5.41) is 15.3. The molecular formula is C13H14Cl2N2OS. The molecule has 19 heavy (non-hydrogen) atoms. The topological polar surface area (TPSA) is 45.2 Å². The Balaban J connectivity index is 1.88. The number of nitrogens with one attached hydrogen (secondary N) is 1. The molecule has 0 radical (unpaired) electrons. The zero-order chi connectivity index (χ0) is 13.8. The van der Waals surface area contributed by atoms with Gasteiger partial charge in [0, 0.05) is 34.2 Å². The van der Waals surface area contributed by atoms with Crippen molar-refractivity contribution in [3.8, 4) is 0 Å². The molecule has 1 unspecified atom stereocenters. The second kappa shape index (κ2) is 6.68. The first-order chi connectivity index (χ1) is 9.04. The monoisotopic (exact) mass is 316 g/mol. The molecule has 6 heteroatoms. The van der Waals surface area contributed by atoms with Crippen molar-refractivity contribution >= 4 is 34.5 Å². The van der Waals surface area contributed by atoms with Gasteiger partial charge in [0.1, 0.15) is 0 Å². The summed E-state index contributed by atoms with van der Waals surface area (Å²) in [5.74, 6) is 0. The Hall–Kier alpha value is -0.650. The Kier molecular flexibility index (Phi) is 5.19. The van der Waals surface area contributed by atoms with Crippen LogP contribution in [0.5, 0.6) is 0 Å². The van der Waals surface area contributed by atoms with Crippen LogP contribution in [0.1, 0.15) is 21.6 Å². The molecule has 0 bridgehead atoms. The van der Waals surface area contributed by atoms with Gasteiger partial charge in [0.25, 0.3) is 0 Å². The van der Waals surface area contributed by atoms with Crippen LogP contribution in [0.25, 0.3) is 0 Å². The number of rotatable bonds is 5. The molecular weight excluding hydrogens is 303 g/mol. The van der Waals surface area contributed by atoms with Crippen molar-refractivity contribution in [1.29, 1.82) is 0 Å². The van der Waals surface area contributed by atoms with E-state index in [4.69, 9.17) is 23.2 Å². The number of aryl methyl sites for hydroxylation is 1. The van der Waals surface area contributed by atoms with E-state index in [0.29, 0.717) is 28.7 Å². The number of nitrogens with zero attached hydrogens (tertiary/aromatic N) is 1. The van der Waals surface area contributed by atoms with Gasteiger partial charge in [0.05, 0.1) is 11.1 Å². The van der Waals surface area contributed by atoms with E-state index in [1.54, 1.807) is 29.5 Å².